The van der Waals surface area contributed by atoms with E-state index in [-0.39, 0.29) is 5.91 Å². The molecule has 2 aromatic heterocycles. The van der Waals surface area contributed by atoms with Gasteiger partial charge in [0.2, 0.25) is 0 Å². The zero-order valence-corrected chi connectivity index (χ0v) is 21.3. The van der Waals surface area contributed by atoms with Crippen molar-refractivity contribution in [3.05, 3.63) is 77.5 Å². The van der Waals surface area contributed by atoms with Crippen LogP contribution in [0.2, 0.25) is 0 Å². The van der Waals surface area contributed by atoms with Gasteiger partial charge in [0.25, 0.3) is 5.91 Å². The van der Waals surface area contributed by atoms with Gasteiger partial charge in [-0.2, -0.15) is 0 Å². The minimum Gasteiger partial charge on any atom is -0.449 e. The molecule has 37 heavy (non-hydrogen) atoms. The van der Waals surface area contributed by atoms with Crippen LogP contribution in [0.5, 0.6) is 0 Å². The summed E-state index contributed by atoms with van der Waals surface area (Å²) in [4.78, 5) is 25.4. The Bertz CT molecular complexity index is 1510. The molecule has 2 N–H and O–H groups in total. The smallest absolute Gasteiger partial charge is 0.252 e. The second-order valence-corrected chi connectivity index (χ2v) is 10.9. The molecule has 2 saturated heterocycles. The van der Waals surface area contributed by atoms with Gasteiger partial charge in [-0.15, -0.1) is 0 Å². The zero-order chi connectivity index (χ0) is 25.1. The van der Waals surface area contributed by atoms with Crippen molar-refractivity contribution in [2.75, 3.05) is 18.0 Å². The number of amides is 1. The SMILES string of the molecule is Cc1nc(-c2cc(C3(NC(=O)c4cc(N5CC6CCC(C5)N6)ccc4C)CC3)c3cccnc3c2)co1. The van der Waals surface area contributed by atoms with E-state index in [0.29, 0.717) is 18.0 Å². The van der Waals surface area contributed by atoms with Crippen LogP contribution in [-0.4, -0.2) is 41.0 Å². The highest BCUT2D eigenvalue weighted by atomic mass is 16.3. The monoisotopic (exact) mass is 493 g/mol. The number of rotatable bonds is 5. The molecule has 4 heterocycles. The Morgan fingerprint density at radius 1 is 1.11 bits per heavy atom. The van der Waals surface area contributed by atoms with E-state index in [1.54, 1.807) is 12.5 Å². The Morgan fingerprint density at radius 3 is 2.65 bits per heavy atom. The lowest BCUT2D eigenvalue weighted by Gasteiger charge is -2.35. The average Bonchev–Trinajstić information content (AvgIpc) is 3.42. The molecule has 188 valence electrons. The number of fused-ring (bicyclic) bond motifs is 3. The minimum absolute atomic E-state index is 0.0188. The Kier molecular flexibility index (Phi) is 5.11. The van der Waals surface area contributed by atoms with Gasteiger partial charge in [0.15, 0.2) is 5.89 Å². The van der Waals surface area contributed by atoms with Gasteiger partial charge in [0.1, 0.15) is 12.0 Å². The first kappa shape index (κ1) is 22.5. The van der Waals surface area contributed by atoms with E-state index in [4.69, 9.17) is 4.42 Å². The quantitative estimate of drug-likeness (QED) is 0.413. The third-order valence-electron chi connectivity index (χ3n) is 8.30. The van der Waals surface area contributed by atoms with Crippen LogP contribution in [0.15, 0.2) is 59.3 Å². The summed E-state index contributed by atoms with van der Waals surface area (Å²) >= 11 is 0. The van der Waals surface area contributed by atoms with Gasteiger partial charge < -0.3 is 20.0 Å². The fraction of sp³-hybridized carbons (Fsp3) is 0.367. The van der Waals surface area contributed by atoms with Gasteiger partial charge in [-0.25, -0.2) is 4.98 Å². The van der Waals surface area contributed by atoms with Crippen molar-refractivity contribution in [3.8, 4) is 11.3 Å². The molecule has 2 bridgehead atoms. The van der Waals surface area contributed by atoms with Crippen molar-refractivity contribution in [1.82, 2.24) is 20.6 Å². The van der Waals surface area contributed by atoms with Crippen LogP contribution in [0.3, 0.4) is 0 Å². The average molecular weight is 494 g/mol. The highest BCUT2D eigenvalue weighted by molar-refractivity contribution is 5.98. The summed E-state index contributed by atoms with van der Waals surface area (Å²) in [6, 6.07) is 15.7. The maximum Gasteiger partial charge on any atom is 0.252 e. The van der Waals surface area contributed by atoms with Crippen LogP contribution in [0.25, 0.3) is 22.2 Å². The third kappa shape index (κ3) is 3.98. The molecule has 7 heteroatoms. The predicted octanol–water partition coefficient (Wildman–Crippen LogP) is 4.87. The van der Waals surface area contributed by atoms with Crippen molar-refractivity contribution in [2.24, 2.45) is 0 Å². The lowest BCUT2D eigenvalue weighted by molar-refractivity contribution is 0.0930. The molecular weight excluding hydrogens is 462 g/mol. The highest BCUT2D eigenvalue weighted by Gasteiger charge is 2.47. The fourth-order valence-electron chi connectivity index (χ4n) is 6.15. The number of piperazine rings is 1. The molecule has 2 atom stereocenters. The van der Waals surface area contributed by atoms with Gasteiger partial charge in [-0.05, 0) is 74.1 Å². The lowest BCUT2D eigenvalue weighted by Crippen LogP contribution is -2.51. The molecule has 7 nitrogen and oxygen atoms in total. The molecule has 7 rings (SSSR count). The normalized spacial score (nSPS) is 21.8. The number of nitrogens with zero attached hydrogens (tertiary/aromatic N) is 3. The Morgan fingerprint density at radius 2 is 1.92 bits per heavy atom. The Hall–Kier alpha value is -3.71. The van der Waals surface area contributed by atoms with E-state index >= 15 is 0 Å². The summed E-state index contributed by atoms with van der Waals surface area (Å²) in [6.07, 6.45) is 7.74. The number of aromatic nitrogens is 2. The fourth-order valence-corrected chi connectivity index (χ4v) is 6.15. The first-order chi connectivity index (χ1) is 18.0. The van der Waals surface area contributed by atoms with Gasteiger partial charge >= 0.3 is 0 Å². The first-order valence-corrected chi connectivity index (χ1v) is 13.2. The van der Waals surface area contributed by atoms with Crippen molar-refractivity contribution in [1.29, 1.82) is 0 Å². The van der Waals surface area contributed by atoms with Gasteiger partial charge in [0, 0.05) is 60.5 Å². The van der Waals surface area contributed by atoms with Crippen molar-refractivity contribution < 1.29 is 9.21 Å². The van der Waals surface area contributed by atoms with E-state index in [2.05, 4.69) is 55.8 Å². The van der Waals surface area contributed by atoms with Crippen LogP contribution >= 0.6 is 0 Å². The molecule has 2 aromatic carbocycles. The maximum atomic E-state index is 13.8. The number of hydrogen-bond donors (Lipinski definition) is 2. The molecule has 0 spiro atoms. The Balaban J connectivity index is 1.22. The van der Waals surface area contributed by atoms with Crippen LogP contribution < -0.4 is 15.5 Å². The summed E-state index contributed by atoms with van der Waals surface area (Å²) in [7, 11) is 0. The minimum atomic E-state index is -0.413. The van der Waals surface area contributed by atoms with E-state index in [1.165, 1.54) is 12.8 Å². The number of aryl methyl sites for hydroxylation is 2. The number of carbonyl (C=O) groups excluding carboxylic acids is 1. The van der Waals surface area contributed by atoms with Gasteiger partial charge in [-0.1, -0.05) is 12.1 Å². The second kappa shape index (κ2) is 8.42. The van der Waals surface area contributed by atoms with Crippen LogP contribution in [0, 0.1) is 13.8 Å². The number of hydrogen-bond acceptors (Lipinski definition) is 6. The van der Waals surface area contributed by atoms with Crippen molar-refractivity contribution >= 4 is 22.5 Å². The summed E-state index contributed by atoms with van der Waals surface area (Å²) in [5.74, 6) is 0.606. The molecule has 3 aliphatic rings. The van der Waals surface area contributed by atoms with Crippen LogP contribution in [-0.2, 0) is 5.54 Å². The highest BCUT2D eigenvalue weighted by Crippen LogP contribution is 2.49. The number of pyridine rings is 1. The molecule has 1 amide bonds. The lowest BCUT2D eigenvalue weighted by atomic mass is 9.95. The van der Waals surface area contributed by atoms with Crippen molar-refractivity contribution in [2.45, 2.75) is 57.2 Å². The Labute approximate surface area is 216 Å². The summed E-state index contributed by atoms with van der Waals surface area (Å²) in [6.45, 7) is 5.86. The van der Waals surface area contributed by atoms with E-state index in [9.17, 15) is 4.79 Å². The summed E-state index contributed by atoms with van der Waals surface area (Å²) < 4.78 is 5.48. The number of nitrogens with one attached hydrogen (secondary N) is 2. The molecule has 3 fully saturated rings. The standard InChI is InChI=1S/C30H31N5O2/c1-18-5-8-23(35-15-21-6-7-22(16-35)33-21)14-25(18)29(36)34-30(9-10-30)26-12-20(28-17-37-19(2)32-28)13-27-24(26)4-3-11-31-27/h3-5,8,11-14,17,21-22,33H,6-7,9-10,15-16H2,1-2H3,(H,34,36). The molecule has 2 aliphatic heterocycles. The molecular formula is C30H31N5O2. The number of anilines is 1. The largest absolute Gasteiger partial charge is 0.449 e. The van der Waals surface area contributed by atoms with E-state index < -0.39 is 5.54 Å². The molecule has 1 saturated carbocycles. The number of carbonyl (C=O) groups is 1. The molecule has 0 radical (unpaired) electrons. The maximum absolute atomic E-state index is 13.8. The number of oxazole rings is 1. The predicted molar refractivity (Wildman–Crippen MR) is 144 cm³/mol. The van der Waals surface area contributed by atoms with Gasteiger partial charge in [0.05, 0.1) is 11.1 Å². The molecule has 2 unspecified atom stereocenters. The van der Waals surface area contributed by atoms with E-state index in [1.807, 2.05) is 26.0 Å². The van der Waals surface area contributed by atoms with Crippen LogP contribution in [0.4, 0.5) is 5.69 Å². The zero-order valence-electron chi connectivity index (χ0n) is 21.3. The van der Waals surface area contributed by atoms with Gasteiger partial charge in [-0.3, -0.25) is 9.78 Å². The number of benzene rings is 2. The summed E-state index contributed by atoms with van der Waals surface area (Å²) in [5, 5.41) is 8.19. The topological polar surface area (TPSA) is 83.3 Å². The molecule has 4 aromatic rings. The third-order valence-corrected chi connectivity index (χ3v) is 8.30. The summed E-state index contributed by atoms with van der Waals surface area (Å²) in [5.41, 5.74) is 6.18. The molecule has 1 aliphatic carbocycles. The first-order valence-electron chi connectivity index (χ1n) is 13.2. The van der Waals surface area contributed by atoms with E-state index in [0.717, 1.165) is 70.5 Å². The van der Waals surface area contributed by atoms with Crippen molar-refractivity contribution in [3.63, 3.8) is 0 Å². The second-order valence-electron chi connectivity index (χ2n) is 10.9. The van der Waals surface area contributed by atoms with Crippen LogP contribution in [0.1, 0.15) is 53.1 Å².